The number of nitrogens with zero attached hydrogens (tertiary/aromatic N) is 2. The lowest BCUT2D eigenvalue weighted by molar-refractivity contribution is -0.697. The number of pyridine rings is 1. The number of fused-ring (bicyclic) bond motifs is 1. The number of aromatic hydroxyl groups is 1. The molecule has 0 bridgehead atoms. The van der Waals surface area contributed by atoms with Gasteiger partial charge in [-0.25, -0.2) is 13.0 Å². The van der Waals surface area contributed by atoms with Gasteiger partial charge in [0.1, 0.15) is 12.3 Å². The molecule has 0 spiro atoms. The Kier molecular flexibility index (Phi) is 10.0. The number of aryl methyl sites for hydroxylation is 1. The number of carboxylic acid groups (broad SMARTS) is 1. The number of carboxylic acids is 1. The van der Waals surface area contributed by atoms with Crippen LogP contribution < -0.4 is 9.47 Å². The summed E-state index contributed by atoms with van der Waals surface area (Å²) in [6, 6.07) is 13.5. The van der Waals surface area contributed by atoms with E-state index in [1.807, 2.05) is 72.8 Å². The van der Waals surface area contributed by atoms with Crippen molar-refractivity contribution in [2.45, 2.75) is 45.6 Å². The lowest BCUT2D eigenvalue weighted by Gasteiger charge is -2.24. The highest BCUT2D eigenvalue weighted by Crippen LogP contribution is 2.30. The minimum absolute atomic E-state index is 0.161. The number of aromatic nitrogens is 1. The summed E-state index contributed by atoms with van der Waals surface area (Å²) < 4.78 is 34.7. The van der Waals surface area contributed by atoms with Crippen LogP contribution in [0.4, 0.5) is 5.69 Å². The third kappa shape index (κ3) is 9.18. The fourth-order valence-corrected chi connectivity index (χ4v) is 4.67. The average molecular weight is 527 g/mol. The summed E-state index contributed by atoms with van der Waals surface area (Å²) >= 11 is 0. The normalized spacial score (nSPS) is 11.8. The van der Waals surface area contributed by atoms with E-state index in [0.29, 0.717) is 25.1 Å². The van der Waals surface area contributed by atoms with Crippen molar-refractivity contribution >= 4 is 44.7 Å². The van der Waals surface area contributed by atoms with E-state index in [0.717, 1.165) is 41.4 Å². The summed E-state index contributed by atoms with van der Waals surface area (Å²) in [7, 11) is -4.23. The number of unbranched alkanes of at least 4 members (excludes halogenated alkanes) is 2. The Morgan fingerprint density at radius 2 is 1.76 bits per heavy atom. The molecule has 1 aromatic heterocycles. The van der Waals surface area contributed by atoms with E-state index in [2.05, 4.69) is 4.57 Å². The standard InChI is InChI=1S/C28H34N2O6S/c1-2-30(15-6-18-37(34,35)36)26-11-10-23-19-24(27(31)21-25(23)20-26)9-8-22-12-16-29(17-13-22)14-5-3-4-7-28(32)33/h8-13,16-17,19-21H,2-7,14-15,18H2,1H3,(H2,32,33,34,35,36). The number of hydrogen-bond acceptors (Lipinski definition) is 6. The summed E-state index contributed by atoms with van der Waals surface area (Å²) in [5.41, 5.74) is 2.60. The smallest absolute Gasteiger partial charge is 0.303 e. The molecule has 0 aliphatic carbocycles. The molecule has 0 amide bonds. The van der Waals surface area contributed by atoms with Crippen molar-refractivity contribution in [2.24, 2.45) is 0 Å². The first-order chi connectivity index (χ1) is 17.6. The highest BCUT2D eigenvalue weighted by atomic mass is 32.2. The molecule has 2 aromatic carbocycles. The zero-order valence-electron chi connectivity index (χ0n) is 21.0. The van der Waals surface area contributed by atoms with E-state index in [9.17, 15) is 22.9 Å². The molecular weight excluding hydrogens is 492 g/mol. The maximum atomic E-state index is 10.9. The molecule has 3 rings (SSSR count). The SMILES string of the molecule is CCN(CCCS(=O)(=O)[O-])c1ccc2cc(/C=C/c3cc[n+](CCCCCC(=O)O)cc3)c(O)cc2c1. The maximum Gasteiger partial charge on any atom is 0.303 e. The Labute approximate surface area is 218 Å². The second-order valence-corrected chi connectivity index (χ2v) is 10.6. The van der Waals surface area contributed by atoms with Gasteiger partial charge >= 0.3 is 5.97 Å². The van der Waals surface area contributed by atoms with Gasteiger partial charge in [0.05, 0.1) is 10.1 Å². The van der Waals surface area contributed by atoms with Crippen molar-refractivity contribution in [3.63, 3.8) is 0 Å². The van der Waals surface area contributed by atoms with Gasteiger partial charge in [-0.3, -0.25) is 4.79 Å². The fraction of sp³-hybridized carbons (Fsp3) is 0.357. The van der Waals surface area contributed by atoms with Crippen molar-refractivity contribution in [1.82, 2.24) is 0 Å². The molecule has 0 aliphatic heterocycles. The fourth-order valence-electron chi connectivity index (χ4n) is 4.19. The van der Waals surface area contributed by atoms with E-state index in [-0.39, 0.29) is 24.3 Å². The molecule has 9 heteroatoms. The average Bonchev–Trinajstić information content (AvgIpc) is 2.85. The van der Waals surface area contributed by atoms with Gasteiger partial charge < -0.3 is 19.7 Å². The molecular formula is C28H34N2O6S. The lowest BCUT2D eigenvalue weighted by Crippen LogP contribution is -2.32. The van der Waals surface area contributed by atoms with Crippen LogP contribution in [0.3, 0.4) is 0 Å². The number of carbonyl (C=O) groups is 1. The third-order valence-electron chi connectivity index (χ3n) is 6.22. The predicted octanol–water partition coefficient (Wildman–Crippen LogP) is 4.41. The van der Waals surface area contributed by atoms with Crippen LogP contribution in [0.25, 0.3) is 22.9 Å². The first-order valence-electron chi connectivity index (χ1n) is 12.5. The number of benzene rings is 2. The Morgan fingerprint density at radius 1 is 1.00 bits per heavy atom. The molecule has 198 valence electrons. The number of hydrogen-bond donors (Lipinski definition) is 2. The van der Waals surface area contributed by atoms with Crippen LogP contribution in [0.1, 0.15) is 50.2 Å². The van der Waals surface area contributed by atoms with Gasteiger partial charge in [-0.05, 0) is 66.8 Å². The van der Waals surface area contributed by atoms with E-state index >= 15 is 0 Å². The number of phenols is 1. The van der Waals surface area contributed by atoms with Crippen molar-refractivity contribution in [3.8, 4) is 5.75 Å². The third-order valence-corrected chi connectivity index (χ3v) is 7.01. The van der Waals surface area contributed by atoms with Gasteiger partial charge in [-0.2, -0.15) is 0 Å². The topological polar surface area (TPSA) is 122 Å². The van der Waals surface area contributed by atoms with Gasteiger partial charge in [0.15, 0.2) is 12.4 Å². The minimum atomic E-state index is -4.23. The summed E-state index contributed by atoms with van der Waals surface area (Å²) in [4.78, 5) is 12.6. The van der Waals surface area contributed by atoms with Gasteiger partial charge in [0.25, 0.3) is 0 Å². The van der Waals surface area contributed by atoms with Crippen molar-refractivity contribution in [2.75, 3.05) is 23.7 Å². The number of anilines is 1. The van der Waals surface area contributed by atoms with Gasteiger partial charge in [0, 0.05) is 55.1 Å². The predicted molar refractivity (Wildman–Crippen MR) is 144 cm³/mol. The van der Waals surface area contributed by atoms with E-state index < -0.39 is 16.1 Å². The molecule has 1 heterocycles. The van der Waals surface area contributed by atoms with Crippen LogP contribution in [-0.4, -0.2) is 48.0 Å². The molecule has 3 aromatic rings. The number of rotatable bonds is 14. The van der Waals surface area contributed by atoms with Crippen molar-refractivity contribution in [3.05, 3.63) is 66.0 Å². The zero-order valence-corrected chi connectivity index (χ0v) is 21.9. The van der Waals surface area contributed by atoms with Gasteiger partial charge in [-0.15, -0.1) is 0 Å². The van der Waals surface area contributed by atoms with Crippen LogP contribution in [-0.2, 0) is 21.5 Å². The minimum Gasteiger partial charge on any atom is -0.748 e. The lowest BCUT2D eigenvalue weighted by atomic mass is 10.0. The van der Waals surface area contributed by atoms with Crippen molar-refractivity contribution < 1.29 is 32.5 Å². The Hall–Kier alpha value is -3.43. The molecule has 0 radical (unpaired) electrons. The summed E-state index contributed by atoms with van der Waals surface area (Å²) in [6.45, 7) is 3.93. The van der Waals surface area contributed by atoms with Crippen LogP contribution in [0.5, 0.6) is 5.75 Å². The van der Waals surface area contributed by atoms with Gasteiger partial charge in [0.2, 0.25) is 0 Å². The second kappa shape index (κ2) is 13.2. The molecule has 8 nitrogen and oxygen atoms in total. The van der Waals surface area contributed by atoms with Crippen LogP contribution in [0.2, 0.25) is 0 Å². The highest BCUT2D eigenvalue weighted by molar-refractivity contribution is 7.85. The molecule has 0 fully saturated rings. The molecule has 0 saturated heterocycles. The first kappa shape index (κ1) is 28.1. The molecule has 0 saturated carbocycles. The van der Waals surface area contributed by atoms with Crippen LogP contribution in [0, 0.1) is 0 Å². The summed E-state index contributed by atoms with van der Waals surface area (Å²) in [5, 5.41) is 21.1. The quantitative estimate of drug-likeness (QED) is 0.181. The monoisotopic (exact) mass is 526 g/mol. The Morgan fingerprint density at radius 3 is 2.43 bits per heavy atom. The number of aliphatic carboxylic acids is 1. The van der Waals surface area contributed by atoms with Crippen LogP contribution >= 0.6 is 0 Å². The second-order valence-electron chi connectivity index (χ2n) is 9.04. The van der Waals surface area contributed by atoms with Gasteiger partial charge in [-0.1, -0.05) is 18.2 Å². The molecule has 2 N–H and O–H groups in total. The molecule has 0 aliphatic rings. The highest BCUT2D eigenvalue weighted by Gasteiger charge is 2.09. The Balaban J connectivity index is 1.64. The first-order valence-corrected chi connectivity index (χ1v) is 14.1. The van der Waals surface area contributed by atoms with E-state index in [1.165, 1.54) is 0 Å². The summed E-state index contributed by atoms with van der Waals surface area (Å²) in [5.74, 6) is -0.976. The zero-order chi connectivity index (χ0) is 26.8. The molecule has 37 heavy (non-hydrogen) atoms. The Bertz CT molecular complexity index is 1340. The molecule has 0 atom stereocenters. The summed E-state index contributed by atoms with van der Waals surface area (Å²) in [6.07, 6.45) is 10.8. The largest absolute Gasteiger partial charge is 0.748 e. The maximum absolute atomic E-state index is 10.9. The number of phenolic OH excluding ortho intramolecular Hbond substituents is 1. The van der Waals surface area contributed by atoms with Crippen LogP contribution in [0.15, 0.2) is 54.9 Å². The van der Waals surface area contributed by atoms with E-state index in [4.69, 9.17) is 5.11 Å². The molecule has 0 unspecified atom stereocenters. The van der Waals surface area contributed by atoms with E-state index in [1.54, 1.807) is 6.07 Å². The van der Waals surface area contributed by atoms with Crippen molar-refractivity contribution in [1.29, 1.82) is 0 Å².